The summed E-state index contributed by atoms with van der Waals surface area (Å²) in [6.07, 6.45) is 2.25. The minimum atomic E-state index is -0.0912. The van der Waals surface area contributed by atoms with E-state index in [1.165, 1.54) is 0 Å². The number of nitrogens with zero attached hydrogens (tertiary/aromatic N) is 3. The standard InChI is InChI=1S/C13H23N3O3/c1-10(2)16-6-8-18-11(9-16)13-14-12(19-15-13)5-3-4-7-17/h10-11,17H,3-9H2,1-2H3. The Morgan fingerprint density at radius 2 is 2.26 bits per heavy atom. The highest BCUT2D eigenvalue weighted by Gasteiger charge is 2.27. The largest absolute Gasteiger partial charge is 0.396 e. The van der Waals surface area contributed by atoms with E-state index in [4.69, 9.17) is 14.4 Å². The van der Waals surface area contributed by atoms with Crippen LogP contribution in [0.5, 0.6) is 0 Å². The van der Waals surface area contributed by atoms with Crippen molar-refractivity contribution in [3.63, 3.8) is 0 Å². The molecule has 0 saturated carbocycles. The molecule has 2 rings (SSSR count). The molecule has 0 spiro atoms. The van der Waals surface area contributed by atoms with Crippen LogP contribution >= 0.6 is 0 Å². The van der Waals surface area contributed by atoms with Gasteiger partial charge >= 0.3 is 0 Å². The smallest absolute Gasteiger partial charge is 0.226 e. The Hall–Kier alpha value is -0.980. The average molecular weight is 269 g/mol. The summed E-state index contributed by atoms with van der Waals surface area (Å²) in [7, 11) is 0. The van der Waals surface area contributed by atoms with Crippen molar-refractivity contribution in [2.24, 2.45) is 0 Å². The van der Waals surface area contributed by atoms with Crippen LogP contribution in [0.1, 0.15) is 44.5 Å². The lowest BCUT2D eigenvalue weighted by atomic mass is 10.2. The molecule has 2 heterocycles. The Labute approximate surface area is 113 Å². The lowest BCUT2D eigenvalue weighted by molar-refractivity contribution is -0.0450. The summed E-state index contributed by atoms with van der Waals surface area (Å²) < 4.78 is 10.9. The average Bonchev–Trinajstić information content (AvgIpc) is 2.88. The molecule has 1 aromatic heterocycles. The number of aliphatic hydroxyl groups excluding tert-OH is 1. The summed E-state index contributed by atoms with van der Waals surface area (Å²) in [5.41, 5.74) is 0. The second-order valence-electron chi connectivity index (χ2n) is 5.18. The predicted octanol–water partition coefficient (Wildman–Crippen LogP) is 1.17. The molecule has 1 fully saturated rings. The third-order valence-corrected chi connectivity index (χ3v) is 3.40. The molecule has 6 heteroatoms. The van der Waals surface area contributed by atoms with Crippen LogP contribution in [-0.2, 0) is 11.2 Å². The van der Waals surface area contributed by atoms with E-state index in [1.54, 1.807) is 0 Å². The Morgan fingerprint density at radius 3 is 3.00 bits per heavy atom. The van der Waals surface area contributed by atoms with Gasteiger partial charge in [-0.25, -0.2) is 0 Å². The molecule has 1 aliphatic heterocycles. The van der Waals surface area contributed by atoms with Crippen molar-refractivity contribution in [3.05, 3.63) is 11.7 Å². The Bertz CT molecular complexity index is 381. The van der Waals surface area contributed by atoms with Gasteiger partial charge in [-0.1, -0.05) is 5.16 Å². The Kier molecular flexibility index (Phi) is 5.30. The van der Waals surface area contributed by atoms with Gasteiger partial charge in [-0.15, -0.1) is 0 Å². The van der Waals surface area contributed by atoms with Gasteiger partial charge in [0.15, 0.2) is 0 Å². The van der Waals surface area contributed by atoms with Crippen LogP contribution in [0.25, 0.3) is 0 Å². The molecule has 1 aromatic rings. The maximum atomic E-state index is 8.74. The van der Waals surface area contributed by atoms with Gasteiger partial charge in [0, 0.05) is 32.2 Å². The quantitative estimate of drug-likeness (QED) is 0.782. The van der Waals surface area contributed by atoms with Crippen LogP contribution in [-0.4, -0.2) is 52.5 Å². The molecule has 0 amide bonds. The van der Waals surface area contributed by atoms with E-state index in [9.17, 15) is 0 Å². The number of hydrogen-bond donors (Lipinski definition) is 1. The highest BCUT2D eigenvalue weighted by molar-refractivity contribution is 4.94. The second-order valence-corrected chi connectivity index (χ2v) is 5.18. The third kappa shape index (κ3) is 3.99. The van der Waals surface area contributed by atoms with E-state index < -0.39 is 0 Å². The summed E-state index contributed by atoms with van der Waals surface area (Å²) >= 11 is 0. The zero-order valence-corrected chi connectivity index (χ0v) is 11.7. The highest BCUT2D eigenvalue weighted by atomic mass is 16.5. The minimum Gasteiger partial charge on any atom is -0.396 e. The van der Waals surface area contributed by atoms with E-state index in [0.29, 0.717) is 30.8 Å². The first-order chi connectivity index (χ1) is 9.20. The van der Waals surface area contributed by atoms with Crippen molar-refractivity contribution >= 4 is 0 Å². The maximum Gasteiger partial charge on any atom is 0.226 e. The molecule has 0 aliphatic carbocycles. The number of rotatable bonds is 6. The van der Waals surface area contributed by atoms with Crippen LogP contribution in [0.4, 0.5) is 0 Å². The van der Waals surface area contributed by atoms with E-state index in [-0.39, 0.29) is 12.7 Å². The topological polar surface area (TPSA) is 71.6 Å². The van der Waals surface area contributed by atoms with Crippen molar-refractivity contribution in [3.8, 4) is 0 Å². The summed E-state index contributed by atoms with van der Waals surface area (Å²) in [4.78, 5) is 6.75. The summed E-state index contributed by atoms with van der Waals surface area (Å²) in [6.45, 7) is 7.04. The normalized spacial score (nSPS) is 21.2. The molecule has 0 radical (unpaired) electrons. The molecule has 19 heavy (non-hydrogen) atoms. The van der Waals surface area contributed by atoms with Gasteiger partial charge < -0.3 is 14.4 Å². The summed E-state index contributed by atoms with van der Waals surface area (Å²) in [5, 5.41) is 12.8. The van der Waals surface area contributed by atoms with E-state index >= 15 is 0 Å². The SMILES string of the molecule is CC(C)N1CCOC(c2noc(CCCCO)n2)C1. The third-order valence-electron chi connectivity index (χ3n) is 3.40. The number of aromatic nitrogens is 2. The van der Waals surface area contributed by atoms with Crippen LogP contribution in [0, 0.1) is 0 Å². The van der Waals surface area contributed by atoms with Crippen LogP contribution < -0.4 is 0 Å². The predicted molar refractivity (Wildman–Crippen MR) is 69.7 cm³/mol. The molecule has 1 N–H and O–H groups in total. The molecule has 6 nitrogen and oxygen atoms in total. The molecule has 108 valence electrons. The van der Waals surface area contributed by atoms with Gasteiger partial charge in [0.05, 0.1) is 6.61 Å². The molecular formula is C13H23N3O3. The Balaban J connectivity index is 1.90. The van der Waals surface area contributed by atoms with Crippen LogP contribution in [0.15, 0.2) is 4.52 Å². The van der Waals surface area contributed by atoms with Crippen molar-refractivity contribution in [2.45, 2.75) is 45.3 Å². The van der Waals surface area contributed by atoms with Gasteiger partial charge in [0.25, 0.3) is 0 Å². The second kappa shape index (κ2) is 6.98. The monoisotopic (exact) mass is 269 g/mol. The molecule has 0 bridgehead atoms. The fraction of sp³-hybridized carbons (Fsp3) is 0.846. The van der Waals surface area contributed by atoms with Gasteiger partial charge in [-0.3, -0.25) is 4.90 Å². The highest BCUT2D eigenvalue weighted by Crippen LogP contribution is 2.21. The molecule has 1 atom stereocenters. The van der Waals surface area contributed by atoms with E-state index in [1.807, 2.05) is 0 Å². The molecule has 0 aromatic carbocycles. The fourth-order valence-electron chi connectivity index (χ4n) is 2.18. The fourth-order valence-corrected chi connectivity index (χ4v) is 2.18. The zero-order chi connectivity index (χ0) is 13.7. The molecular weight excluding hydrogens is 246 g/mol. The van der Waals surface area contributed by atoms with E-state index in [2.05, 4.69) is 28.9 Å². The van der Waals surface area contributed by atoms with Crippen molar-refractivity contribution in [2.75, 3.05) is 26.3 Å². The summed E-state index contributed by atoms with van der Waals surface area (Å²) in [6, 6.07) is 0.502. The van der Waals surface area contributed by atoms with Gasteiger partial charge in [-0.2, -0.15) is 4.98 Å². The number of aryl methyl sites for hydroxylation is 1. The van der Waals surface area contributed by atoms with Gasteiger partial charge in [0.2, 0.25) is 11.7 Å². The number of morpholine rings is 1. The number of unbranched alkanes of at least 4 members (excludes halogenated alkanes) is 1. The zero-order valence-electron chi connectivity index (χ0n) is 11.7. The van der Waals surface area contributed by atoms with Crippen LogP contribution in [0.3, 0.4) is 0 Å². The lowest BCUT2D eigenvalue weighted by Crippen LogP contribution is -2.42. The Morgan fingerprint density at radius 1 is 1.42 bits per heavy atom. The number of aliphatic hydroxyl groups is 1. The van der Waals surface area contributed by atoms with E-state index in [0.717, 1.165) is 25.9 Å². The first-order valence-electron chi connectivity index (χ1n) is 6.99. The first kappa shape index (κ1) is 14.4. The van der Waals surface area contributed by atoms with Crippen molar-refractivity contribution in [1.82, 2.24) is 15.0 Å². The van der Waals surface area contributed by atoms with Crippen LogP contribution in [0.2, 0.25) is 0 Å². The maximum absolute atomic E-state index is 8.74. The number of ether oxygens (including phenoxy) is 1. The van der Waals surface area contributed by atoms with Gasteiger partial charge in [-0.05, 0) is 26.7 Å². The number of hydrogen-bond acceptors (Lipinski definition) is 6. The summed E-state index contributed by atoms with van der Waals surface area (Å²) in [5.74, 6) is 1.28. The first-order valence-corrected chi connectivity index (χ1v) is 6.99. The van der Waals surface area contributed by atoms with Gasteiger partial charge in [0.1, 0.15) is 6.10 Å². The lowest BCUT2D eigenvalue weighted by Gasteiger charge is -2.34. The van der Waals surface area contributed by atoms with Crippen molar-refractivity contribution in [1.29, 1.82) is 0 Å². The van der Waals surface area contributed by atoms with Crippen molar-refractivity contribution < 1.29 is 14.4 Å². The minimum absolute atomic E-state index is 0.0912. The molecule has 1 saturated heterocycles. The molecule has 1 aliphatic rings. The molecule has 1 unspecified atom stereocenters.